The third-order valence-electron chi connectivity index (χ3n) is 5.00. The number of nitrogens with one attached hydrogen (secondary N) is 2. The summed E-state index contributed by atoms with van der Waals surface area (Å²) in [7, 11) is 1.50. The smallest absolute Gasteiger partial charge is 0.406 e. The highest BCUT2D eigenvalue weighted by Gasteiger charge is 2.31. The Morgan fingerprint density at radius 3 is 2.63 bits per heavy atom. The van der Waals surface area contributed by atoms with Gasteiger partial charge in [-0.25, -0.2) is 9.78 Å². The molecule has 3 aromatic rings. The highest BCUT2D eigenvalue weighted by atomic mass is 16.5. The Hall–Kier alpha value is -3.42. The summed E-state index contributed by atoms with van der Waals surface area (Å²) in [5.74, 6) is -0.0731. The number of ether oxygens (including phenoxy) is 1. The minimum Gasteiger partial charge on any atom is -0.448 e. The average molecular weight is 409 g/mol. The lowest BCUT2D eigenvalue weighted by Gasteiger charge is -2.29. The number of nitrogens with zero attached hydrogens (tertiary/aromatic N) is 3. The van der Waals surface area contributed by atoms with Crippen LogP contribution >= 0.6 is 0 Å². The van der Waals surface area contributed by atoms with Crippen molar-refractivity contribution in [2.45, 2.75) is 32.6 Å². The fourth-order valence-corrected chi connectivity index (χ4v) is 3.35. The maximum absolute atomic E-state index is 13.3. The second-order valence-electron chi connectivity index (χ2n) is 7.80. The first-order chi connectivity index (χ1) is 14.3. The molecule has 2 aromatic heterocycles. The van der Waals surface area contributed by atoms with Crippen molar-refractivity contribution in [3.63, 3.8) is 0 Å². The summed E-state index contributed by atoms with van der Waals surface area (Å²) in [6.45, 7) is 6.34. The van der Waals surface area contributed by atoms with Crippen LogP contribution in [0, 0.1) is 6.92 Å². The molecular weight excluding hydrogens is 382 g/mol. The summed E-state index contributed by atoms with van der Waals surface area (Å²) in [6, 6.07) is 11.5. The van der Waals surface area contributed by atoms with E-state index in [4.69, 9.17) is 4.74 Å². The number of benzene rings is 1. The second kappa shape index (κ2) is 8.94. The number of hydrogen-bond donors (Lipinski definition) is 2. The van der Waals surface area contributed by atoms with Crippen molar-refractivity contribution >= 4 is 28.7 Å². The SMILES string of the molecule is CNC(=O)OCCN(C(=O)CC(C)(C)c1[nH]nc2ncccc12)c1ccc(C)cc1. The van der Waals surface area contributed by atoms with Crippen LogP contribution < -0.4 is 10.2 Å². The first kappa shape index (κ1) is 21.3. The number of pyridine rings is 1. The number of H-pyrrole nitrogens is 1. The first-order valence-electron chi connectivity index (χ1n) is 9.83. The summed E-state index contributed by atoms with van der Waals surface area (Å²) in [5.41, 5.74) is 2.86. The zero-order valence-corrected chi connectivity index (χ0v) is 17.7. The normalized spacial score (nSPS) is 11.3. The molecule has 0 fully saturated rings. The molecule has 0 unspecified atom stereocenters. The van der Waals surface area contributed by atoms with Crippen LogP contribution in [0.1, 0.15) is 31.5 Å². The van der Waals surface area contributed by atoms with Crippen molar-refractivity contribution in [1.29, 1.82) is 0 Å². The molecule has 0 aliphatic carbocycles. The van der Waals surface area contributed by atoms with Crippen LogP contribution in [-0.4, -0.2) is 47.4 Å². The van der Waals surface area contributed by atoms with E-state index in [2.05, 4.69) is 20.5 Å². The molecule has 1 aromatic carbocycles. The van der Waals surface area contributed by atoms with Gasteiger partial charge in [0.05, 0.1) is 12.2 Å². The quantitative estimate of drug-likeness (QED) is 0.623. The molecule has 0 aliphatic heterocycles. The Bertz CT molecular complexity index is 1030. The molecule has 0 aliphatic rings. The lowest BCUT2D eigenvalue weighted by molar-refractivity contribution is -0.119. The molecule has 158 valence electrons. The number of aromatic nitrogens is 3. The summed E-state index contributed by atoms with van der Waals surface area (Å²) in [5, 5.41) is 10.6. The molecule has 30 heavy (non-hydrogen) atoms. The number of amides is 2. The van der Waals surface area contributed by atoms with Crippen LogP contribution in [0.3, 0.4) is 0 Å². The number of carbonyl (C=O) groups excluding carboxylic acids is 2. The van der Waals surface area contributed by atoms with E-state index >= 15 is 0 Å². The van der Waals surface area contributed by atoms with Gasteiger partial charge in [0.15, 0.2) is 5.65 Å². The van der Waals surface area contributed by atoms with E-state index in [1.54, 1.807) is 11.1 Å². The lowest BCUT2D eigenvalue weighted by atomic mass is 9.83. The number of carbonyl (C=O) groups is 2. The summed E-state index contributed by atoms with van der Waals surface area (Å²) in [6.07, 6.45) is 1.41. The van der Waals surface area contributed by atoms with Gasteiger partial charge >= 0.3 is 6.09 Å². The van der Waals surface area contributed by atoms with E-state index in [0.717, 1.165) is 22.3 Å². The van der Waals surface area contributed by atoms with Crippen LogP contribution in [-0.2, 0) is 14.9 Å². The van der Waals surface area contributed by atoms with Crippen LogP contribution in [0.5, 0.6) is 0 Å². The number of rotatable bonds is 7. The molecule has 2 heterocycles. The van der Waals surface area contributed by atoms with Crippen LogP contribution in [0.25, 0.3) is 11.0 Å². The fraction of sp³-hybridized carbons (Fsp3) is 0.364. The summed E-state index contributed by atoms with van der Waals surface area (Å²) >= 11 is 0. The number of fused-ring (bicyclic) bond motifs is 1. The van der Waals surface area contributed by atoms with Gasteiger partial charge < -0.3 is 15.0 Å². The van der Waals surface area contributed by atoms with Gasteiger partial charge in [-0.3, -0.25) is 9.89 Å². The minimum atomic E-state index is -0.525. The number of hydrogen-bond acceptors (Lipinski definition) is 5. The highest BCUT2D eigenvalue weighted by Crippen LogP contribution is 2.32. The van der Waals surface area contributed by atoms with Crippen LogP contribution in [0.2, 0.25) is 0 Å². The zero-order chi connectivity index (χ0) is 21.7. The van der Waals surface area contributed by atoms with Crippen LogP contribution in [0.4, 0.5) is 10.5 Å². The Labute approximate surface area is 175 Å². The maximum Gasteiger partial charge on any atom is 0.406 e. The molecular formula is C22H27N5O3. The van der Waals surface area contributed by atoms with Gasteiger partial charge in [0.1, 0.15) is 6.61 Å². The molecule has 2 N–H and O–H groups in total. The Kier molecular flexibility index (Phi) is 6.34. The Morgan fingerprint density at radius 2 is 1.93 bits per heavy atom. The minimum absolute atomic E-state index is 0.0731. The van der Waals surface area contributed by atoms with Crippen molar-refractivity contribution in [1.82, 2.24) is 20.5 Å². The predicted molar refractivity (Wildman–Crippen MR) is 115 cm³/mol. The predicted octanol–water partition coefficient (Wildman–Crippen LogP) is 3.32. The largest absolute Gasteiger partial charge is 0.448 e. The Balaban J connectivity index is 1.82. The van der Waals surface area contributed by atoms with E-state index in [0.29, 0.717) is 5.65 Å². The Morgan fingerprint density at radius 1 is 1.20 bits per heavy atom. The molecule has 0 saturated carbocycles. The average Bonchev–Trinajstić information content (AvgIpc) is 3.16. The van der Waals surface area contributed by atoms with Gasteiger partial charge in [-0.2, -0.15) is 5.10 Å². The molecule has 0 radical (unpaired) electrons. The molecule has 8 heteroatoms. The van der Waals surface area contributed by atoms with Crippen molar-refractivity contribution in [2.24, 2.45) is 0 Å². The van der Waals surface area contributed by atoms with Gasteiger partial charge in [-0.15, -0.1) is 0 Å². The first-order valence-corrected chi connectivity index (χ1v) is 9.83. The number of alkyl carbamates (subject to hydrolysis) is 1. The van der Waals surface area contributed by atoms with Crippen LogP contribution in [0.15, 0.2) is 42.6 Å². The zero-order valence-electron chi connectivity index (χ0n) is 17.7. The molecule has 0 saturated heterocycles. The fourth-order valence-electron chi connectivity index (χ4n) is 3.35. The summed E-state index contributed by atoms with van der Waals surface area (Å²) in [4.78, 5) is 30.7. The highest BCUT2D eigenvalue weighted by molar-refractivity contribution is 5.94. The molecule has 3 rings (SSSR count). The second-order valence-corrected chi connectivity index (χ2v) is 7.80. The summed E-state index contributed by atoms with van der Waals surface area (Å²) < 4.78 is 5.11. The van der Waals surface area contributed by atoms with Crippen molar-refractivity contribution < 1.29 is 14.3 Å². The van der Waals surface area contributed by atoms with Crippen molar-refractivity contribution in [3.05, 3.63) is 53.9 Å². The standard InChI is InChI=1S/C22H27N5O3/c1-15-7-9-16(10-8-15)27(12-13-30-21(29)23-4)18(28)14-22(2,3)19-17-6-5-11-24-20(17)26-25-19/h5-11H,12-14H2,1-4H3,(H,23,29)(H,24,25,26). The molecule has 0 bridgehead atoms. The van der Waals surface area contributed by atoms with Gasteiger partial charge in [-0.1, -0.05) is 31.5 Å². The van der Waals surface area contributed by atoms with E-state index in [1.165, 1.54) is 7.05 Å². The lowest BCUT2D eigenvalue weighted by Crippen LogP contribution is -2.38. The van der Waals surface area contributed by atoms with E-state index in [9.17, 15) is 9.59 Å². The van der Waals surface area contributed by atoms with E-state index in [-0.39, 0.29) is 25.5 Å². The number of aryl methyl sites for hydroxylation is 1. The maximum atomic E-state index is 13.3. The van der Waals surface area contributed by atoms with Gasteiger partial charge in [-0.05, 0) is 31.2 Å². The molecule has 2 amide bonds. The third-order valence-corrected chi connectivity index (χ3v) is 5.00. The van der Waals surface area contributed by atoms with E-state index < -0.39 is 11.5 Å². The van der Waals surface area contributed by atoms with Gasteiger partial charge in [0.2, 0.25) is 5.91 Å². The number of anilines is 1. The molecule has 8 nitrogen and oxygen atoms in total. The third kappa shape index (κ3) is 4.76. The number of aromatic amines is 1. The van der Waals surface area contributed by atoms with Gasteiger partial charge in [0, 0.05) is 36.2 Å². The monoisotopic (exact) mass is 409 g/mol. The van der Waals surface area contributed by atoms with Crippen molar-refractivity contribution in [2.75, 3.05) is 25.1 Å². The van der Waals surface area contributed by atoms with E-state index in [1.807, 2.05) is 57.2 Å². The topological polar surface area (TPSA) is 100 Å². The van der Waals surface area contributed by atoms with Crippen molar-refractivity contribution in [3.8, 4) is 0 Å². The molecule has 0 spiro atoms. The molecule has 0 atom stereocenters. The van der Waals surface area contributed by atoms with Gasteiger partial charge in [0.25, 0.3) is 0 Å².